The van der Waals surface area contributed by atoms with Crippen molar-refractivity contribution in [1.29, 1.82) is 0 Å². The van der Waals surface area contributed by atoms with Gasteiger partial charge < -0.3 is 15.2 Å². The number of hydrogen-bond acceptors (Lipinski definition) is 2. The molecular weight excluding hydrogens is 226 g/mol. The van der Waals surface area contributed by atoms with Gasteiger partial charge in [-0.1, -0.05) is 20.8 Å². The Morgan fingerprint density at radius 2 is 2.06 bits per heavy atom. The van der Waals surface area contributed by atoms with Gasteiger partial charge in [0.1, 0.15) is 6.54 Å². The van der Waals surface area contributed by atoms with Gasteiger partial charge in [0, 0.05) is 25.0 Å². The predicted molar refractivity (Wildman–Crippen MR) is 74.3 cm³/mol. The molecule has 1 amide bonds. The molecule has 2 N–H and O–H groups in total. The molecule has 102 valence electrons. The molecule has 0 unspecified atom stereocenters. The number of hydrogen-bond donors (Lipinski definition) is 2. The second-order valence-electron chi connectivity index (χ2n) is 4.55. The highest BCUT2D eigenvalue weighted by Gasteiger charge is 2.08. The van der Waals surface area contributed by atoms with Gasteiger partial charge in [-0.15, -0.1) is 0 Å². The van der Waals surface area contributed by atoms with Crippen molar-refractivity contribution < 1.29 is 4.79 Å². The molecule has 0 aromatic carbocycles. The molecule has 1 rings (SSSR count). The van der Waals surface area contributed by atoms with Crippen LogP contribution in [0.2, 0.25) is 0 Å². The van der Waals surface area contributed by atoms with Gasteiger partial charge in [-0.05, 0) is 31.0 Å². The van der Waals surface area contributed by atoms with Crippen LogP contribution in [0.25, 0.3) is 0 Å². The molecule has 0 spiro atoms. The topological polar surface area (TPSA) is 46.1 Å². The standard InChI is InChI=1S/C14H25N3O/c1-4-13(5-2)16-14(18)11-17-8-7-12(10-17)9-15-6-3/h7-8,10,13,15H,4-6,9,11H2,1-3H3,(H,16,18). The fourth-order valence-electron chi connectivity index (χ4n) is 1.89. The molecule has 18 heavy (non-hydrogen) atoms. The van der Waals surface area contributed by atoms with Gasteiger partial charge in [0.25, 0.3) is 0 Å². The summed E-state index contributed by atoms with van der Waals surface area (Å²) in [6.07, 6.45) is 5.95. The zero-order valence-electron chi connectivity index (χ0n) is 11.7. The second-order valence-corrected chi connectivity index (χ2v) is 4.55. The van der Waals surface area contributed by atoms with Crippen LogP contribution in [0.1, 0.15) is 39.2 Å². The van der Waals surface area contributed by atoms with E-state index in [0.717, 1.165) is 25.9 Å². The first-order valence-electron chi connectivity index (χ1n) is 6.84. The van der Waals surface area contributed by atoms with Gasteiger partial charge in [-0.2, -0.15) is 0 Å². The highest BCUT2D eigenvalue weighted by atomic mass is 16.2. The average molecular weight is 251 g/mol. The van der Waals surface area contributed by atoms with Crippen LogP contribution in [0.4, 0.5) is 0 Å². The van der Waals surface area contributed by atoms with Crippen molar-refractivity contribution >= 4 is 5.91 Å². The lowest BCUT2D eigenvalue weighted by Crippen LogP contribution is -2.35. The van der Waals surface area contributed by atoms with Crippen molar-refractivity contribution in [3.63, 3.8) is 0 Å². The van der Waals surface area contributed by atoms with Crippen LogP contribution in [-0.2, 0) is 17.9 Å². The van der Waals surface area contributed by atoms with Crippen LogP contribution in [0, 0.1) is 0 Å². The molecular formula is C14H25N3O. The fraction of sp³-hybridized carbons (Fsp3) is 0.643. The number of amides is 1. The summed E-state index contributed by atoms with van der Waals surface area (Å²) in [7, 11) is 0. The monoisotopic (exact) mass is 251 g/mol. The lowest BCUT2D eigenvalue weighted by molar-refractivity contribution is -0.122. The van der Waals surface area contributed by atoms with E-state index in [0.29, 0.717) is 12.6 Å². The third-order valence-electron chi connectivity index (χ3n) is 3.07. The zero-order chi connectivity index (χ0) is 13.4. The first-order valence-corrected chi connectivity index (χ1v) is 6.84. The summed E-state index contributed by atoms with van der Waals surface area (Å²) in [5.74, 6) is 0.0919. The number of carbonyl (C=O) groups is 1. The van der Waals surface area contributed by atoms with E-state index < -0.39 is 0 Å². The zero-order valence-corrected chi connectivity index (χ0v) is 11.7. The fourth-order valence-corrected chi connectivity index (χ4v) is 1.89. The van der Waals surface area contributed by atoms with E-state index in [-0.39, 0.29) is 5.91 Å². The van der Waals surface area contributed by atoms with Gasteiger partial charge in [0.2, 0.25) is 5.91 Å². The first-order chi connectivity index (χ1) is 8.69. The average Bonchev–Trinajstić information content (AvgIpc) is 2.81. The molecule has 4 heteroatoms. The summed E-state index contributed by atoms with van der Waals surface area (Å²) in [5.41, 5.74) is 1.21. The Balaban J connectivity index is 2.41. The van der Waals surface area contributed by atoms with Crippen molar-refractivity contribution in [2.75, 3.05) is 6.54 Å². The molecule has 0 fully saturated rings. The molecule has 0 radical (unpaired) electrons. The highest BCUT2D eigenvalue weighted by Crippen LogP contribution is 2.02. The van der Waals surface area contributed by atoms with Crippen molar-refractivity contribution in [3.05, 3.63) is 24.0 Å². The van der Waals surface area contributed by atoms with Gasteiger partial charge in [0.15, 0.2) is 0 Å². The largest absolute Gasteiger partial charge is 0.352 e. The lowest BCUT2D eigenvalue weighted by atomic mass is 10.2. The lowest BCUT2D eigenvalue weighted by Gasteiger charge is -2.14. The SMILES string of the molecule is CCNCc1ccn(CC(=O)NC(CC)CC)c1. The Bertz CT molecular complexity index is 356. The predicted octanol–water partition coefficient (Wildman–Crippen LogP) is 1.90. The van der Waals surface area contributed by atoms with Crippen LogP contribution in [0.5, 0.6) is 0 Å². The summed E-state index contributed by atoms with van der Waals surface area (Å²) < 4.78 is 1.93. The van der Waals surface area contributed by atoms with E-state index in [4.69, 9.17) is 0 Å². The smallest absolute Gasteiger partial charge is 0.240 e. The van der Waals surface area contributed by atoms with Crippen LogP contribution in [0.15, 0.2) is 18.5 Å². The van der Waals surface area contributed by atoms with E-state index in [1.165, 1.54) is 5.56 Å². The molecule has 0 aliphatic carbocycles. The van der Waals surface area contributed by atoms with Crippen molar-refractivity contribution in [2.45, 2.75) is 52.7 Å². The molecule has 4 nitrogen and oxygen atoms in total. The Labute approximate surface area is 110 Å². The van der Waals surface area contributed by atoms with Crippen molar-refractivity contribution in [2.24, 2.45) is 0 Å². The molecule has 0 aliphatic rings. The van der Waals surface area contributed by atoms with E-state index >= 15 is 0 Å². The quantitative estimate of drug-likeness (QED) is 0.741. The molecule has 0 aliphatic heterocycles. The summed E-state index contributed by atoms with van der Waals surface area (Å²) in [6, 6.07) is 2.35. The van der Waals surface area contributed by atoms with Gasteiger partial charge in [-0.3, -0.25) is 4.79 Å². The van der Waals surface area contributed by atoms with E-state index in [1.54, 1.807) is 0 Å². The second kappa shape index (κ2) is 7.93. The Hall–Kier alpha value is -1.29. The summed E-state index contributed by atoms with van der Waals surface area (Å²) in [4.78, 5) is 11.8. The highest BCUT2D eigenvalue weighted by molar-refractivity contribution is 5.76. The van der Waals surface area contributed by atoms with E-state index in [1.807, 2.05) is 23.0 Å². The van der Waals surface area contributed by atoms with Crippen molar-refractivity contribution in [1.82, 2.24) is 15.2 Å². The number of aromatic nitrogens is 1. The summed E-state index contributed by atoms with van der Waals surface area (Å²) in [6.45, 7) is 8.50. The van der Waals surface area contributed by atoms with E-state index in [9.17, 15) is 4.79 Å². The minimum Gasteiger partial charge on any atom is -0.352 e. The third kappa shape index (κ3) is 4.92. The normalized spacial score (nSPS) is 10.9. The minimum absolute atomic E-state index is 0.0919. The molecule has 1 aromatic heterocycles. The van der Waals surface area contributed by atoms with Crippen LogP contribution in [-0.4, -0.2) is 23.1 Å². The number of nitrogens with one attached hydrogen (secondary N) is 2. The molecule has 0 bridgehead atoms. The number of nitrogens with zero attached hydrogens (tertiary/aromatic N) is 1. The van der Waals surface area contributed by atoms with Gasteiger partial charge >= 0.3 is 0 Å². The third-order valence-corrected chi connectivity index (χ3v) is 3.07. The van der Waals surface area contributed by atoms with Crippen LogP contribution in [0.3, 0.4) is 0 Å². The molecule has 0 saturated heterocycles. The molecule has 0 atom stereocenters. The van der Waals surface area contributed by atoms with E-state index in [2.05, 4.69) is 31.4 Å². The Kier molecular flexibility index (Phi) is 6.50. The van der Waals surface area contributed by atoms with Gasteiger partial charge in [0.05, 0.1) is 0 Å². The van der Waals surface area contributed by atoms with Crippen molar-refractivity contribution in [3.8, 4) is 0 Å². The molecule has 1 aromatic rings. The molecule has 1 heterocycles. The van der Waals surface area contributed by atoms with Gasteiger partial charge in [-0.25, -0.2) is 0 Å². The maximum absolute atomic E-state index is 11.8. The minimum atomic E-state index is 0.0919. The Morgan fingerprint density at radius 3 is 2.67 bits per heavy atom. The maximum atomic E-state index is 11.8. The van der Waals surface area contributed by atoms with Crippen LogP contribution < -0.4 is 10.6 Å². The maximum Gasteiger partial charge on any atom is 0.240 e. The van der Waals surface area contributed by atoms with Crippen LogP contribution >= 0.6 is 0 Å². The Morgan fingerprint density at radius 1 is 1.33 bits per heavy atom. The number of rotatable bonds is 8. The first kappa shape index (κ1) is 14.8. The number of carbonyl (C=O) groups excluding carboxylic acids is 1. The summed E-state index contributed by atoms with van der Waals surface area (Å²) >= 11 is 0. The summed E-state index contributed by atoms with van der Waals surface area (Å²) in [5, 5.41) is 6.31. The molecule has 0 saturated carbocycles.